The molecule has 1 saturated heterocycles. The molecule has 1 N–H and O–H groups in total. The number of sulfone groups is 1. The van der Waals surface area contributed by atoms with E-state index >= 15 is 0 Å². The highest BCUT2D eigenvalue weighted by atomic mass is 32.2. The number of hydrogen-bond acceptors (Lipinski definition) is 4. The normalized spacial score (nSPS) is 25.7. The molecule has 0 aromatic heterocycles. The van der Waals surface area contributed by atoms with E-state index in [0.717, 1.165) is 24.7 Å². The second-order valence-corrected chi connectivity index (χ2v) is 9.05. The Kier molecular flexibility index (Phi) is 5.30. The van der Waals surface area contributed by atoms with Crippen molar-refractivity contribution >= 4 is 15.7 Å². The van der Waals surface area contributed by atoms with Crippen molar-refractivity contribution in [3.8, 4) is 0 Å². The summed E-state index contributed by atoms with van der Waals surface area (Å²) in [5, 5.41) is 2.07. The Hall–Kier alpha value is -1.61. The van der Waals surface area contributed by atoms with E-state index in [1.165, 1.54) is 6.07 Å². The zero-order valence-electron chi connectivity index (χ0n) is 14.1. The van der Waals surface area contributed by atoms with Gasteiger partial charge in [-0.25, -0.2) is 8.42 Å². The summed E-state index contributed by atoms with van der Waals surface area (Å²) in [6, 6.07) is 4.10. The van der Waals surface area contributed by atoms with Crippen LogP contribution in [0.15, 0.2) is 29.2 Å². The minimum atomic E-state index is -4.57. The number of rotatable bonds is 3. The number of alkyl halides is 3. The summed E-state index contributed by atoms with van der Waals surface area (Å²) in [5.41, 5.74) is -0.952. The molecule has 0 atom stereocenters. The van der Waals surface area contributed by atoms with Crippen LogP contribution < -0.4 is 5.32 Å². The molecule has 26 heavy (non-hydrogen) atoms. The molecule has 2 aliphatic rings. The van der Waals surface area contributed by atoms with Gasteiger partial charge < -0.3 is 5.32 Å². The highest BCUT2D eigenvalue weighted by Gasteiger charge is 2.37. The Bertz CT molecular complexity index is 772. The lowest BCUT2D eigenvalue weighted by atomic mass is 9.93. The lowest BCUT2D eigenvalue weighted by molar-refractivity contribution is -0.137. The number of piperazine rings is 1. The molecule has 1 aromatic carbocycles. The van der Waals surface area contributed by atoms with Crippen LogP contribution in [0.3, 0.4) is 0 Å². The Morgan fingerprint density at radius 2 is 1.81 bits per heavy atom. The fourth-order valence-electron chi connectivity index (χ4n) is 3.73. The van der Waals surface area contributed by atoms with Crippen LogP contribution in [0, 0.1) is 0 Å². The molecule has 1 aliphatic carbocycles. The van der Waals surface area contributed by atoms with Crippen LogP contribution in [0.2, 0.25) is 0 Å². The fraction of sp³-hybridized carbons (Fsp3) is 0.588. The summed E-state index contributed by atoms with van der Waals surface area (Å²) < 4.78 is 64.1. The van der Waals surface area contributed by atoms with Crippen molar-refractivity contribution in [2.75, 3.05) is 19.6 Å². The van der Waals surface area contributed by atoms with Crippen molar-refractivity contribution in [3.05, 3.63) is 29.8 Å². The number of hydrogen-bond donors (Lipinski definition) is 1. The molecule has 1 aromatic rings. The molecular weight excluding hydrogens is 369 g/mol. The van der Waals surface area contributed by atoms with Crippen LogP contribution in [0.1, 0.15) is 31.2 Å². The zero-order chi connectivity index (χ0) is 18.9. The molecule has 5 nitrogen and oxygen atoms in total. The van der Waals surface area contributed by atoms with Crippen LogP contribution >= 0.6 is 0 Å². The minimum absolute atomic E-state index is 0.0324. The minimum Gasteiger partial charge on any atom is -0.354 e. The molecule has 1 saturated carbocycles. The van der Waals surface area contributed by atoms with Gasteiger partial charge in [-0.2, -0.15) is 13.2 Å². The largest absolute Gasteiger partial charge is 0.416 e. The third-order valence-electron chi connectivity index (χ3n) is 5.16. The fourth-order valence-corrected chi connectivity index (χ4v) is 5.57. The van der Waals surface area contributed by atoms with Gasteiger partial charge in [0.1, 0.15) is 0 Å². The molecule has 2 fully saturated rings. The van der Waals surface area contributed by atoms with Crippen molar-refractivity contribution in [3.63, 3.8) is 0 Å². The number of benzene rings is 1. The summed E-state index contributed by atoms with van der Waals surface area (Å²) in [5.74, 6) is -0.0324. The third-order valence-corrected chi connectivity index (χ3v) is 7.42. The van der Waals surface area contributed by atoms with E-state index in [0.29, 0.717) is 38.8 Å². The Labute approximate surface area is 150 Å². The first-order valence-electron chi connectivity index (χ1n) is 8.60. The van der Waals surface area contributed by atoms with Crippen molar-refractivity contribution in [2.24, 2.45) is 0 Å². The number of nitrogens with zero attached hydrogens (tertiary/aromatic N) is 1. The van der Waals surface area contributed by atoms with Gasteiger partial charge in [-0.1, -0.05) is 6.07 Å². The van der Waals surface area contributed by atoms with Gasteiger partial charge in [0, 0.05) is 19.1 Å². The summed E-state index contributed by atoms with van der Waals surface area (Å²) >= 11 is 0. The van der Waals surface area contributed by atoms with Crippen molar-refractivity contribution in [1.29, 1.82) is 0 Å². The quantitative estimate of drug-likeness (QED) is 0.860. The van der Waals surface area contributed by atoms with E-state index in [9.17, 15) is 26.4 Å². The number of carbonyl (C=O) groups excluding carboxylic acids is 1. The van der Waals surface area contributed by atoms with Gasteiger partial charge >= 0.3 is 6.18 Å². The molecule has 0 unspecified atom stereocenters. The molecule has 1 aliphatic heterocycles. The molecule has 9 heteroatoms. The van der Waals surface area contributed by atoms with Gasteiger partial charge in [0.2, 0.25) is 5.91 Å². The number of nitrogens with one attached hydrogen (secondary N) is 1. The van der Waals surface area contributed by atoms with Crippen LogP contribution in [0.4, 0.5) is 13.2 Å². The summed E-state index contributed by atoms with van der Waals surface area (Å²) in [4.78, 5) is 13.3. The van der Waals surface area contributed by atoms with Gasteiger partial charge in [0.25, 0.3) is 0 Å². The van der Waals surface area contributed by atoms with Gasteiger partial charge in [-0.3, -0.25) is 9.69 Å². The summed E-state index contributed by atoms with van der Waals surface area (Å²) in [6.45, 7) is 1.64. The van der Waals surface area contributed by atoms with E-state index in [2.05, 4.69) is 10.2 Å². The maximum atomic E-state index is 12.9. The molecule has 1 heterocycles. The second-order valence-electron chi connectivity index (χ2n) is 6.82. The Morgan fingerprint density at radius 1 is 1.12 bits per heavy atom. The van der Waals surface area contributed by atoms with Gasteiger partial charge in [0.05, 0.1) is 22.3 Å². The second kappa shape index (κ2) is 7.19. The molecular formula is C17H21F3N2O3S. The number of amides is 1. The monoisotopic (exact) mass is 390 g/mol. The number of halogens is 3. The first-order chi connectivity index (χ1) is 12.2. The standard InChI is InChI=1S/C17H21F3N2O3S/c18-17(19,20)12-2-1-3-15(10-12)26(24,25)14-6-4-13(5-7-14)22-9-8-21-16(23)11-22/h1-3,10,13-14H,4-9,11H2,(H,21,23). The van der Waals surface area contributed by atoms with Crippen molar-refractivity contribution in [2.45, 2.75) is 48.0 Å². The lowest BCUT2D eigenvalue weighted by Gasteiger charge is -2.38. The maximum absolute atomic E-state index is 12.9. The molecule has 3 rings (SSSR count). The molecule has 0 spiro atoms. The SMILES string of the molecule is O=C1CN(C2CCC(S(=O)(=O)c3cccc(C(F)(F)F)c3)CC2)CCN1. The smallest absolute Gasteiger partial charge is 0.354 e. The third kappa shape index (κ3) is 4.03. The van der Waals surface area contributed by atoms with Crippen LogP contribution in [-0.2, 0) is 20.8 Å². The predicted molar refractivity (Wildman–Crippen MR) is 89.3 cm³/mol. The Balaban J connectivity index is 1.69. The first-order valence-corrected chi connectivity index (χ1v) is 10.1. The van der Waals surface area contributed by atoms with Crippen LogP contribution in [-0.4, -0.2) is 50.2 Å². The lowest BCUT2D eigenvalue weighted by Crippen LogP contribution is -2.52. The summed E-state index contributed by atoms with van der Waals surface area (Å²) in [7, 11) is -3.81. The molecule has 0 radical (unpaired) electrons. The van der Waals surface area contributed by atoms with Gasteiger partial charge in [-0.15, -0.1) is 0 Å². The highest BCUT2D eigenvalue weighted by Crippen LogP contribution is 2.34. The van der Waals surface area contributed by atoms with E-state index in [-0.39, 0.29) is 16.8 Å². The van der Waals surface area contributed by atoms with E-state index in [1.807, 2.05) is 0 Å². The zero-order valence-corrected chi connectivity index (χ0v) is 14.9. The molecule has 144 valence electrons. The van der Waals surface area contributed by atoms with Gasteiger partial charge in [-0.05, 0) is 43.9 Å². The van der Waals surface area contributed by atoms with E-state index < -0.39 is 26.8 Å². The van der Waals surface area contributed by atoms with Gasteiger partial charge in [0.15, 0.2) is 9.84 Å². The average molecular weight is 390 g/mol. The van der Waals surface area contributed by atoms with Crippen LogP contribution in [0.25, 0.3) is 0 Å². The van der Waals surface area contributed by atoms with E-state index in [4.69, 9.17) is 0 Å². The average Bonchev–Trinajstić information content (AvgIpc) is 2.61. The van der Waals surface area contributed by atoms with Crippen molar-refractivity contribution < 1.29 is 26.4 Å². The molecule has 1 amide bonds. The highest BCUT2D eigenvalue weighted by molar-refractivity contribution is 7.92. The molecule has 0 bridgehead atoms. The number of carbonyl (C=O) groups is 1. The van der Waals surface area contributed by atoms with Crippen molar-refractivity contribution in [1.82, 2.24) is 10.2 Å². The topological polar surface area (TPSA) is 66.5 Å². The van der Waals surface area contributed by atoms with E-state index in [1.54, 1.807) is 0 Å². The van der Waals surface area contributed by atoms with Crippen LogP contribution in [0.5, 0.6) is 0 Å². The summed E-state index contributed by atoms with van der Waals surface area (Å²) in [6.07, 6.45) is -2.55. The predicted octanol–water partition coefficient (Wildman–Crippen LogP) is 2.22. The first kappa shape index (κ1) is 19.2. The maximum Gasteiger partial charge on any atom is 0.416 e. The Morgan fingerprint density at radius 3 is 2.42 bits per heavy atom.